The summed E-state index contributed by atoms with van der Waals surface area (Å²) >= 11 is 0. The van der Waals surface area contributed by atoms with Gasteiger partial charge in [-0.1, -0.05) is 18.2 Å². The van der Waals surface area contributed by atoms with E-state index in [-0.39, 0.29) is 17.7 Å². The molecule has 1 atom stereocenters. The molecule has 0 amide bonds. The maximum Gasteiger partial charge on any atom is 0.129 e. The molecular formula is C18H19F2N. The number of fused-ring (bicyclic) bond motifs is 1. The van der Waals surface area contributed by atoms with Crippen molar-refractivity contribution >= 4 is 0 Å². The number of nitrogens with one attached hydrogen (secondary N) is 1. The van der Waals surface area contributed by atoms with Crippen LogP contribution in [0.5, 0.6) is 0 Å². The molecular weight excluding hydrogens is 268 g/mol. The predicted molar refractivity (Wildman–Crippen MR) is 80.2 cm³/mol. The molecule has 0 aromatic heterocycles. The van der Waals surface area contributed by atoms with E-state index in [1.165, 1.54) is 11.6 Å². The van der Waals surface area contributed by atoms with Crippen LogP contribution in [-0.4, -0.2) is 0 Å². The van der Waals surface area contributed by atoms with Crippen LogP contribution in [0.4, 0.5) is 8.78 Å². The van der Waals surface area contributed by atoms with E-state index in [0.717, 1.165) is 24.0 Å². The third kappa shape index (κ3) is 2.84. The second-order valence-electron chi connectivity index (χ2n) is 5.86. The highest BCUT2D eigenvalue weighted by Gasteiger charge is 2.22. The topological polar surface area (TPSA) is 12.0 Å². The Bertz CT molecular complexity index is 656. The Balaban J connectivity index is 1.73. The van der Waals surface area contributed by atoms with Crippen LogP contribution in [-0.2, 0) is 13.0 Å². The van der Waals surface area contributed by atoms with Gasteiger partial charge in [0.15, 0.2) is 0 Å². The number of hydrogen-bond donors (Lipinski definition) is 1. The van der Waals surface area contributed by atoms with E-state index >= 15 is 0 Å². The zero-order chi connectivity index (χ0) is 15.0. The van der Waals surface area contributed by atoms with Crippen LogP contribution in [0.15, 0.2) is 30.3 Å². The fraction of sp³-hybridized carbons (Fsp3) is 0.333. The van der Waals surface area contributed by atoms with Crippen molar-refractivity contribution in [3.63, 3.8) is 0 Å². The molecule has 0 aliphatic heterocycles. The monoisotopic (exact) mass is 287 g/mol. The molecule has 1 aliphatic rings. The van der Waals surface area contributed by atoms with E-state index in [1.54, 1.807) is 19.9 Å². The summed E-state index contributed by atoms with van der Waals surface area (Å²) < 4.78 is 26.8. The van der Waals surface area contributed by atoms with E-state index < -0.39 is 0 Å². The molecule has 0 heterocycles. The molecule has 3 heteroatoms. The average Bonchev–Trinajstić information content (AvgIpc) is 2.84. The summed E-state index contributed by atoms with van der Waals surface area (Å²) in [7, 11) is 0. The van der Waals surface area contributed by atoms with Crippen LogP contribution in [0.2, 0.25) is 0 Å². The molecule has 0 fully saturated rings. The van der Waals surface area contributed by atoms with Crippen molar-refractivity contribution in [2.75, 3.05) is 0 Å². The maximum atomic E-state index is 13.6. The normalized spacial score (nSPS) is 17.0. The summed E-state index contributed by atoms with van der Waals surface area (Å²) in [4.78, 5) is 0. The van der Waals surface area contributed by atoms with Gasteiger partial charge in [0, 0.05) is 12.6 Å². The van der Waals surface area contributed by atoms with Crippen molar-refractivity contribution in [1.82, 2.24) is 5.32 Å². The van der Waals surface area contributed by atoms with Crippen LogP contribution in [0, 0.1) is 25.5 Å². The molecule has 0 saturated carbocycles. The molecule has 0 saturated heterocycles. The summed E-state index contributed by atoms with van der Waals surface area (Å²) in [5, 5.41) is 3.50. The van der Waals surface area contributed by atoms with Gasteiger partial charge < -0.3 is 5.32 Å². The number of halogens is 2. The first kappa shape index (κ1) is 14.2. The summed E-state index contributed by atoms with van der Waals surface area (Å²) in [5.74, 6) is -0.292. The lowest BCUT2D eigenvalue weighted by atomic mass is 10.0. The molecule has 21 heavy (non-hydrogen) atoms. The highest BCUT2D eigenvalue weighted by molar-refractivity contribution is 5.35. The largest absolute Gasteiger partial charge is 0.306 e. The summed E-state index contributed by atoms with van der Waals surface area (Å²) in [6.45, 7) is 4.28. The standard InChI is InChI=1S/C18H19F2N/c1-11-7-13(8-12(2)18(11)20)10-21-17-6-3-14-9-15(19)4-5-16(14)17/h4-5,7-9,17,21H,3,6,10H2,1-2H3. The molecule has 2 aromatic carbocycles. The van der Waals surface area contributed by atoms with Gasteiger partial charge in [0.2, 0.25) is 0 Å². The van der Waals surface area contributed by atoms with Crippen molar-refractivity contribution in [2.24, 2.45) is 0 Å². The van der Waals surface area contributed by atoms with E-state index in [0.29, 0.717) is 17.7 Å². The van der Waals surface area contributed by atoms with E-state index in [2.05, 4.69) is 5.32 Å². The quantitative estimate of drug-likeness (QED) is 0.884. The molecule has 1 aliphatic carbocycles. The van der Waals surface area contributed by atoms with E-state index in [1.807, 2.05) is 18.2 Å². The summed E-state index contributed by atoms with van der Waals surface area (Å²) in [5.41, 5.74) is 4.73. The zero-order valence-corrected chi connectivity index (χ0v) is 12.3. The highest BCUT2D eigenvalue weighted by Crippen LogP contribution is 2.31. The minimum atomic E-state index is -0.167. The third-order valence-corrected chi connectivity index (χ3v) is 4.23. The molecule has 110 valence electrons. The van der Waals surface area contributed by atoms with Crippen LogP contribution in [0.25, 0.3) is 0 Å². The maximum absolute atomic E-state index is 13.6. The molecule has 1 unspecified atom stereocenters. The van der Waals surface area contributed by atoms with Crippen molar-refractivity contribution in [1.29, 1.82) is 0 Å². The number of hydrogen-bond acceptors (Lipinski definition) is 1. The van der Waals surface area contributed by atoms with Crippen molar-refractivity contribution in [2.45, 2.75) is 39.3 Å². The minimum Gasteiger partial charge on any atom is -0.306 e. The SMILES string of the molecule is Cc1cc(CNC2CCc3cc(F)ccc32)cc(C)c1F. The number of aryl methyl sites for hydroxylation is 3. The lowest BCUT2D eigenvalue weighted by molar-refractivity contribution is 0.528. The third-order valence-electron chi connectivity index (χ3n) is 4.23. The van der Waals surface area contributed by atoms with Gasteiger partial charge in [-0.3, -0.25) is 0 Å². The van der Waals surface area contributed by atoms with Crippen molar-refractivity contribution in [3.05, 3.63) is 69.8 Å². The molecule has 1 nitrogen and oxygen atoms in total. The highest BCUT2D eigenvalue weighted by atomic mass is 19.1. The molecule has 0 bridgehead atoms. The number of rotatable bonds is 3. The lowest BCUT2D eigenvalue weighted by Gasteiger charge is -2.15. The van der Waals surface area contributed by atoms with Crippen LogP contribution >= 0.6 is 0 Å². The first-order valence-corrected chi connectivity index (χ1v) is 7.32. The Morgan fingerprint density at radius 2 is 1.81 bits per heavy atom. The van der Waals surface area contributed by atoms with Crippen LogP contribution in [0.3, 0.4) is 0 Å². The Labute approximate surface area is 124 Å². The fourth-order valence-corrected chi connectivity index (χ4v) is 3.18. The second-order valence-corrected chi connectivity index (χ2v) is 5.86. The van der Waals surface area contributed by atoms with E-state index in [4.69, 9.17) is 0 Å². The number of benzene rings is 2. The van der Waals surface area contributed by atoms with Crippen LogP contribution < -0.4 is 5.32 Å². The van der Waals surface area contributed by atoms with Gasteiger partial charge in [0.05, 0.1) is 0 Å². The average molecular weight is 287 g/mol. The Hall–Kier alpha value is -1.74. The predicted octanol–water partition coefficient (Wildman–Crippen LogP) is 4.36. The van der Waals surface area contributed by atoms with Crippen LogP contribution in [0.1, 0.15) is 40.3 Å². The molecule has 1 N–H and O–H groups in total. The van der Waals surface area contributed by atoms with Gasteiger partial charge in [-0.25, -0.2) is 8.78 Å². The van der Waals surface area contributed by atoms with Crippen molar-refractivity contribution < 1.29 is 8.78 Å². The molecule has 3 rings (SSSR count). The van der Waals surface area contributed by atoms with Crippen molar-refractivity contribution in [3.8, 4) is 0 Å². The van der Waals surface area contributed by atoms with Gasteiger partial charge in [0.1, 0.15) is 11.6 Å². The summed E-state index contributed by atoms with van der Waals surface area (Å²) in [6.07, 6.45) is 1.89. The van der Waals surface area contributed by atoms with Gasteiger partial charge in [-0.2, -0.15) is 0 Å². The molecule has 0 radical (unpaired) electrons. The second kappa shape index (κ2) is 5.57. The fourth-order valence-electron chi connectivity index (χ4n) is 3.18. The smallest absolute Gasteiger partial charge is 0.129 e. The lowest BCUT2D eigenvalue weighted by Crippen LogP contribution is -2.19. The Kier molecular flexibility index (Phi) is 3.77. The molecule has 2 aromatic rings. The summed E-state index contributed by atoms with van der Waals surface area (Å²) in [6, 6.07) is 9.04. The zero-order valence-electron chi connectivity index (χ0n) is 12.3. The van der Waals surface area contributed by atoms with Gasteiger partial charge in [0.25, 0.3) is 0 Å². The molecule has 0 spiro atoms. The van der Waals surface area contributed by atoms with Gasteiger partial charge in [-0.15, -0.1) is 0 Å². The van der Waals surface area contributed by atoms with Gasteiger partial charge in [-0.05, 0) is 66.6 Å². The Morgan fingerprint density at radius 3 is 2.52 bits per heavy atom. The minimum absolute atomic E-state index is 0.125. The Morgan fingerprint density at radius 1 is 1.10 bits per heavy atom. The first-order chi connectivity index (χ1) is 10.0. The first-order valence-electron chi connectivity index (χ1n) is 7.32. The van der Waals surface area contributed by atoms with E-state index in [9.17, 15) is 8.78 Å². The van der Waals surface area contributed by atoms with Gasteiger partial charge >= 0.3 is 0 Å².